The van der Waals surface area contributed by atoms with Crippen LogP contribution in [0.5, 0.6) is 0 Å². The normalized spacial score (nSPS) is 11.8. The van der Waals surface area contributed by atoms with E-state index in [0.29, 0.717) is 5.82 Å². The van der Waals surface area contributed by atoms with Crippen LogP contribution in [0, 0.1) is 0 Å². The number of thiophene rings is 1. The Bertz CT molecular complexity index is 2830. The summed E-state index contributed by atoms with van der Waals surface area (Å²) in [5, 5.41) is 5.42. The molecule has 224 valence electrons. The minimum absolute atomic E-state index is 0.697. The fraction of sp³-hybridized carbons (Fsp3) is 0. The second kappa shape index (κ2) is 10.7. The largest absolute Gasteiger partial charge is 0.455 e. The first-order valence-corrected chi connectivity index (χ1v) is 16.9. The molecular formula is C44H26N2OS. The highest BCUT2D eigenvalue weighted by atomic mass is 32.1. The lowest BCUT2D eigenvalue weighted by molar-refractivity contribution is 0.670. The van der Waals surface area contributed by atoms with Crippen LogP contribution in [0.25, 0.3) is 97.9 Å². The second-order valence-electron chi connectivity index (χ2n) is 12.1. The third kappa shape index (κ3) is 4.13. The molecule has 0 saturated heterocycles. The molecule has 0 N–H and O–H groups in total. The Kier molecular flexibility index (Phi) is 6.05. The van der Waals surface area contributed by atoms with Gasteiger partial charge in [-0.05, 0) is 45.7 Å². The van der Waals surface area contributed by atoms with Crippen molar-refractivity contribution in [3.8, 4) is 44.9 Å². The molecule has 7 aromatic carbocycles. The summed E-state index contributed by atoms with van der Waals surface area (Å²) < 4.78 is 9.16. The van der Waals surface area contributed by atoms with Crippen LogP contribution in [0.3, 0.4) is 0 Å². The molecule has 10 rings (SSSR count). The summed E-state index contributed by atoms with van der Waals surface area (Å²) in [6.07, 6.45) is 0. The first kappa shape index (κ1) is 27.1. The van der Waals surface area contributed by atoms with Gasteiger partial charge in [0.15, 0.2) is 5.82 Å². The third-order valence-corrected chi connectivity index (χ3v) is 10.5. The van der Waals surface area contributed by atoms with Gasteiger partial charge in [0.2, 0.25) is 0 Å². The topological polar surface area (TPSA) is 38.9 Å². The third-order valence-electron chi connectivity index (χ3n) is 9.29. The van der Waals surface area contributed by atoms with Gasteiger partial charge in [0, 0.05) is 37.5 Å². The van der Waals surface area contributed by atoms with E-state index in [0.717, 1.165) is 81.8 Å². The van der Waals surface area contributed by atoms with Crippen LogP contribution in [0.2, 0.25) is 0 Å². The standard InChI is InChI=1S/C44H26N2OS/c1-3-14-27(15-4-1)29-18-13-19-30(26-29)37-31-20-7-8-21-32(31)39(38-33-22-9-11-24-35(33)47-42(37)38)44-45-40(28-16-5-2-6-17-28)43-41(46-44)34-23-10-12-25-36(34)48-43/h1-26H. The summed E-state index contributed by atoms with van der Waals surface area (Å²) >= 11 is 1.75. The highest BCUT2D eigenvalue weighted by Crippen LogP contribution is 2.48. The second-order valence-corrected chi connectivity index (χ2v) is 13.1. The lowest BCUT2D eigenvalue weighted by Gasteiger charge is -2.15. The van der Waals surface area contributed by atoms with E-state index in [-0.39, 0.29) is 0 Å². The van der Waals surface area contributed by atoms with Gasteiger partial charge in [-0.2, -0.15) is 0 Å². The molecule has 0 saturated carbocycles. The van der Waals surface area contributed by atoms with E-state index < -0.39 is 0 Å². The quantitative estimate of drug-likeness (QED) is 0.194. The Hall–Kier alpha value is -6.10. The lowest BCUT2D eigenvalue weighted by Crippen LogP contribution is -1.96. The van der Waals surface area contributed by atoms with Crippen molar-refractivity contribution < 1.29 is 4.42 Å². The van der Waals surface area contributed by atoms with Gasteiger partial charge in [0.05, 0.1) is 15.9 Å². The summed E-state index contributed by atoms with van der Waals surface area (Å²) in [6.45, 7) is 0. The average Bonchev–Trinajstić information content (AvgIpc) is 3.73. The van der Waals surface area contributed by atoms with E-state index in [9.17, 15) is 0 Å². The number of nitrogens with zero attached hydrogens (tertiary/aromatic N) is 2. The number of furan rings is 1. The van der Waals surface area contributed by atoms with Crippen molar-refractivity contribution in [1.29, 1.82) is 0 Å². The zero-order valence-electron chi connectivity index (χ0n) is 25.7. The zero-order valence-corrected chi connectivity index (χ0v) is 26.5. The number of hydrogen-bond acceptors (Lipinski definition) is 4. The molecule has 0 aliphatic rings. The molecule has 0 spiro atoms. The summed E-state index contributed by atoms with van der Waals surface area (Å²) in [7, 11) is 0. The van der Waals surface area contributed by atoms with Crippen LogP contribution in [0.15, 0.2) is 162 Å². The minimum Gasteiger partial charge on any atom is -0.455 e. The molecule has 3 heterocycles. The SMILES string of the molecule is c1ccc(-c2cccc(-c3c4ccccc4c(-c4nc(-c5ccccc5)c5sc6ccccc6c5n4)c4c3oc3ccccc34)c2)cc1. The fourth-order valence-electron chi connectivity index (χ4n) is 7.14. The molecule has 0 unspecified atom stereocenters. The number of hydrogen-bond donors (Lipinski definition) is 0. The van der Waals surface area contributed by atoms with Crippen LogP contribution in [0.4, 0.5) is 0 Å². The maximum atomic E-state index is 6.86. The molecule has 3 aromatic heterocycles. The minimum atomic E-state index is 0.697. The van der Waals surface area contributed by atoms with Crippen molar-refractivity contribution in [1.82, 2.24) is 9.97 Å². The Morgan fingerprint density at radius 3 is 1.85 bits per heavy atom. The Morgan fingerprint density at radius 2 is 1.06 bits per heavy atom. The number of fused-ring (bicyclic) bond motifs is 7. The Morgan fingerprint density at radius 1 is 0.458 bits per heavy atom. The highest BCUT2D eigenvalue weighted by Gasteiger charge is 2.25. The predicted molar refractivity (Wildman–Crippen MR) is 201 cm³/mol. The maximum absolute atomic E-state index is 6.86. The van der Waals surface area contributed by atoms with Crippen LogP contribution in [-0.2, 0) is 0 Å². The van der Waals surface area contributed by atoms with E-state index in [1.165, 1.54) is 10.3 Å². The van der Waals surface area contributed by atoms with Crippen LogP contribution >= 0.6 is 11.3 Å². The molecule has 0 aliphatic heterocycles. The molecule has 0 atom stereocenters. The molecule has 3 nitrogen and oxygen atoms in total. The van der Waals surface area contributed by atoms with Crippen molar-refractivity contribution in [3.05, 3.63) is 158 Å². The van der Waals surface area contributed by atoms with Gasteiger partial charge in [-0.15, -0.1) is 11.3 Å². The van der Waals surface area contributed by atoms with Gasteiger partial charge in [0.1, 0.15) is 11.2 Å². The molecule has 0 aliphatic carbocycles. The summed E-state index contributed by atoms with van der Waals surface area (Å²) in [4.78, 5) is 10.9. The summed E-state index contributed by atoms with van der Waals surface area (Å²) in [6, 6.07) is 55.3. The monoisotopic (exact) mass is 630 g/mol. The van der Waals surface area contributed by atoms with Crippen molar-refractivity contribution >= 4 is 64.4 Å². The molecule has 0 radical (unpaired) electrons. The van der Waals surface area contributed by atoms with Crippen molar-refractivity contribution in [3.63, 3.8) is 0 Å². The molecule has 48 heavy (non-hydrogen) atoms. The van der Waals surface area contributed by atoms with Gasteiger partial charge in [-0.25, -0.2) is 9.97 Å². The Balaban J connectivity index is 1.36. The van der Waals surface area contributed by atoms with Gasteiger partial charge < -0.3 is 4.42 Å². The number of rotatable bonds is 4. The van der Waals surface area contributed by atoms with Gasteiger partial charge in [0.25, 0.3) is 0 Å². The zero-order chi connectivity index (χ0) is 31.6. The average molecular weight is 631 g/mol. The van der Waals surface area contributed by atoms with Crippen LogP contribution in [-0.4, -0.2) is 9.97 Å². The van der Waals surface area contributed by atoms with Crippen LogP contribution in [0.1, 0.15) is 0 Å². The van der Waals surface area contributed by atoms with E-state index in [4.69, 9.17) is 14.4 Å². The molecule has 0 fully saturated rings. The van der Waals surface area contributed by atoms with Crippen molar-refractivity contribution in [2.75, 3.05) is 0 Å². The van der Waals surface area contributed by atoms with Gasteiger partial charge in [-0.1, -0.05) is 140 Å². The summed E-state index contributed by atoms with van der Waals surface area (Å²) in [5.41, 5.74) is 10.2. The van der Waals surface area contributed by atoms with Crippen molar-refractivity contribution in [2.24, 2.45) is 0 Å². The van der Waals surface area contributed by atoms with E-state index in [2.05, 4.69) is 146 Å². The lowest BCUT2D eigenvalue weighted by atomic mass is 9.89. The first-order chi connectivity index (χ1) is 23.8. The number of para-hydroxylation sites is 1. The first-order valence-electron chi connectivity index (χ1n) is 16.1. The number of aromatic nitrogens is 2. The van der Waals surface area contributed by atoms with E-state index in [1.807, 2.05) is 12.1 Å². The smallest absolute Gasteiger partial charge is 0.161 e. The van der Waals surface area contributed by atoms with Gasteiger partial charge >= 0.3 is 0 Å². The van der Waals surface area contributed by atoms with Crippen LogP contribution < -0.4 is 0 Å². The Labute approximate surface area is 280 Å². The molecule has 10 aromatic rings. The maximum Gasteiger partial charge on any atom is 0.161 e. The molecule has 4 heteroatoms. The summed E-state index contributed by atoms with van der Waals surface area (Å²) in [5.74, 6) is 0.697. The molecule has 0 amide bonds. The fourth-order valence-corrected chi connectivity index (χ4v) is 8.30. The van der Waals surface area contributed by atoms with E-state index >= 15 is 0 Å². The van der Waals surface area contributed by atoms with Crippen molar-refractivity contribution in [2.45, 2.75) is 0 Å². The predicted octanol–water partition coefficient (Wildman–Crippen LogP) is 12.6. The van der Waals surface area contributed by atoms with E-state index in [1.54, 1.807) is 11.3 Å². The van der Waals surface area contributed by atoms with Gasteiger partial charge in [-0.3, -0.25) is 0 Å². The molecule has 0 bridgehead atoms. The number of benzene rings is 7. The molecular weight excluding hydrogens is 605 g/mol. The highest BCUT2D eigenvalue weighted by molar-refractivity contribution is 7.26.